The van der Waals surface area contributed by atoms with Gasteiger partial charge in [-0.3, -0.25) is 4.79 Å². The molecule has 0 bridgehead atoms. The van der Waals surface area contributed by atoms with Crippen LogP contribution in [0.3, 0.4) is 0 Å². The summed E-state index contributed by atoms with van der Waals surface area (Å²) in [5.41, 5.74) is 6.53. The minimum Gasteiger partial charge on any atom is -0.383 e. The molecule has 4 rings (SSSR count). The largest absolute Gasteiger partial charge is 0.416 e. The second-order valence-electron chi connectivity index (χ2n) is 7.41. The number of nitrogens with zero attached hydrogens (tertiary/aromatic N) is 2. The monoisotopic (exact) mass is 438 g/mol. The third-order valence-corrected chi connectivity index (χ3v) is 5.51. The molecule has 1 saturated heterocycles. The van der Waals surface area contributed by atoms with Crippen molar-refractivity contribution in [1.82, 2.24) is 4.90 Å². The number of likely N-dealkylation sites (tertiary alicyclic amines) is 1. The van der Waals surface area contributed by atoms with Crippen LogP contribution in [0.5, 0.6) is 0 Å². The number of para-hydroxylation sites is 1. The van der Waals surface area contributed by atoms with Crippen LogP contribution in [0.1, 0.15) is 29.5 Å². The van der Waals surface area contributed by atoms with Crippen LogP contribution in [0.2, 0.25) is 0 Å². The number of amidine groups is 1. The lowest BCUT2D eigenvalue weighted by atomic mass is 9.93. The summed E-state index contributed by atoms with van der Waals surface area (Å²) >= 11 is 0. The van der Waals surface area contributed by atoms with Crippen LogP contribution in [0.25, 0.3) is 0 Å². The summed E-state index contributed by atoms with van der Waals surface area (Å²) in [5, 5.41) is 3.43. The fourth-order valence-electron chi connectivity index (χ4n) is 3.97. The van der Waals surface area contributed by atoms with E-state index in [2.05, 4.69) is 10.3 Å². The molecule has 0 saturated carbocycles. The predicted octanol–water partition coefficient (Wildman–Crippen LogP) is 3.82. The van der Waals surface area contributed by atoms with Crippen LogP contribution in [-0.4, -0.2) is 35.4 Å². The minimum absolute atomic E-state index is 0. The van der Waals surface area contributed by atoms with E-state index in [0.29, 0.717) is 31.8 Å². The first-order chi connectivity index (χ1) is 13.8. The Kier molecular flexibility index (Phi) is 5.99. The molecule has 2 aliphatic rings. The molecule has 0 radical (unpaired) electrons. The van der Waals surface area contributed by atoms with Crippen LogP contribution < -0.4 is 11.1 Å². The lowest BCUT2D eigenvalue weighted by Crippen LogP contribution is -2.52. The third-order valence-electron chi connectivity index (χ3n) is 5.51. The standard InChI is InChI=1S/C21H21F3N4O.ClH/c22-21(23,24)16-7-3-1-5-14(16)13-18(29)28-11-9-20(10-12-28)26-17-8-4-2-6-15(17)19(25)27-20;/h1-8,26H,9-13H2,(H2,25,27);1H. The number of anilines is 1. The number of alkyl halides is 3. The molecule has 1 fully saturated rings. The van der Waals surface area contributed by atoms with E-state index in [1.807, 2.05) is 24.3 Å². The number of hydrogen-bond donors (Lipinski definition) is 2. The van der Waals surface area contributed by atoms with Crippen LogP contribution in [0.15, 0.2) is 53.5 Å². The molecule has 1 spiro atoms. The van der Waals surface area contributed by atoms with Crippen molar-refractivity contribution in [2.45, 2.75) is 31.1 Å². The van der Waals surface area contributed by atoms with Crippen LogP contribution in [-0.2, 0) is 17.4 Å². The van der Waals surface area contributed by atoms with Gasteiger partial charge in [0.2, 0.25) is 5.91 Å². The molecule has 2 aliphatic heterocycles. The zero-order valence-corrected chi connectivity index (χ0v) is 16.9. The van der Waals surface area contributed by atoms with Gasteiger partial charge in [-0.15, -0.1) is 12.4 Å². The highest BCUT2D eigenvalue weighted by molar-refractivity contribution is 6.04. The Balaban J connectivity index is 0.00000256. The van der Waals surface area contributed by atoms with E-state index >= 15 is 0 Å². The maximum absolute atomic E-state index is 13.2. The molecule has 2 aromatic rings. The smallest absolute Gasteiger partial charge is 0.383 e. The lowest BCUT2D eigenvalue weighted by molar-refractivity contribution is -0.138. The molecule has 2 aromatic carbocycles. The van der Waals surface area contributed by atoms with Crippen molar-refractivity contribution in [3.63, 3.8) is 0 Å². The average Bonchev–Trinajstić information content (AvgIpc) is 2.68. The van der Waals surface area contributed by atoms with Gasteiger partial charge in [-0.05, 0) is 23.8 Å². The highest BCUT2D eigenvalue weighted by Gasteiger charge is 2.39. The number of fused-ring (bicyclic) bond motifs is 1. The second kappa shape index (κ2) is 8.18. The van der Waals surface area contributed by atoms with Crippen molar-refractivity contribution in [2.24, 2.45) is 10.7 Å². The number of halogens is 4. The summed E-state index contributed by atoms with van der Waals surface area (Å²) < 4.78 is 39.5. The van der Waals surface area contributed by atoms with Gasteiger partial charge in [-0.1, -0.05) is 30.3 Å². The molecule has 9 heteroatoms. The number of nitrogens with one attached hydrogen (secondary N) is 1. The topological polar surface area (TPSA) is 70.7 Å². The van der Waals surface area contributed by atoms with Gasteiger partial charge in [0.05, 0.1) is 12.0 Å². The van der Waals surface area contributed by atoms with E-state index in [9.17, 15) is 18.0 Å². The summed E-state index contributed by atoms with van der Waals surface area (Å²) in [6, 6.07) is 12.8. The minimum atomic E-state index is -4.48. The number of hydrogen-bond acceptors (Lipinski definition) is 4. The molecular weight excluding hydrogens is 417 g/mol. The molecule has 1 amide bonds. The van der Waals surface area contributed by atoms with E-state index in [0.717, 1.165) is 17.3 Å². The number of carbonyl (C=O) groups is 1. The molecule has 3 N–H and O–H groups in total. The number of nitrogens with two attached hydrogens (primary N) is 1. The fraction of sp³-hybridized carbons (Fsp3) is 0.333. The Hall–Kier alpha value is -2.74. The Morgan fingerprint density at radius 1 is 1.10 bits per heavy atom. The molecule has 2 heterocycles. The summed E-state index contributed by atoms with van der Waals surface area (Å²) in [6.45, 7) is 0.804. The zero-order valence-electron chi connectivity index (χ0n) is 16.1. The Morgan fingerprint density at radius 2 is 1.73 bits per heavy atom. The van der Waals surface area contributed by atoms with Crippen molar-refractivity contribution in [3.8, 4) is 0 Å². The van der Waals surface area contributed by atoms with Crippen LogP contribution in [0, 0.1) is 0 Å². The SMILES string of the molecule is Cl.NC1=NC2(CCN(C(=O)Cc3ccccc3C(F)(F)F)CC2)Nc2ccccc21. The Morgan fingerprint density at radius 3 is 2.43 bits per heavy atom. The molecule has 0 aliphatic carbocycles. The lowest BCUT2D eigenvalue weighted by Gasteiger charge is -2.42. The maximum Gasteiger partial charge on any atom is 0.416 e. The number of rotatable bonds is 2. The number of carbonyl (C=O) groups excluding carboxylic acids is 1. The number of aliphatic imine (C=N–C) groups is 1. The van der Waals surface area contributed by atoms with Crippen molar-refractivity contribution < 1.29 is 18.0 Å². The zero-order chi connectivity index (χ0) is 20.6. The maximum atomic E-state index is 13.2. The fourth-order valence-corrected chi connectivity index (χ4v) is 3.97. The number of benzene rings is 2. The summed E-state index contributed by atoms with van der Waals surface area (Å²) in [6.07, 6.45) is -3.68. The molecule has 5 nitrogen and oxygen atoms in total. The van der Waals surface area contributed by atoms with E-state index < -0.39 is 17.4 Å². The quantitative estimate of drug-likeness (QED) is 0.748. The molecular formula is C21H22ClF3N4O. The molecule has 30 heavy (non-hydrogen) atoms. The normalized spacial score (nSPS) is 17.4. The van der Waals surface area contributed by atoms with Crippen LogP contribution in [0.4, 0.5) is 18.9 Å². The van der Waals surface area contributed by atoms with Crippen molar-refractivity contribution in [1.29, 1.82) is 0 Å². The van der Waals surface area contributed by atoms with Gasteiger partial charge in [0.25, 0.3) is 0 Å². The first-order valence-electron chi connectivity index (χ1n) is 9.43. The second-order valence-corrected chi connectivity index (χ2v) is 7.41. The van der Waals surface area contributed by atoms with Gasteiger partial charge in [0.1, 0.15) is 11.5 Å². The molecule has 0 aromatic heterocycles. The number of piperidine rings is 1. The number of amides is 1. The molecule has 0 atom stereocenters. The van der Waals surface area contributed by atoms with Gasteiger partial charge >= 0.3 is 6.18 Å². The van der Waals surface area contributed by atoms with Gasteiger partial charge in [-0.25, -0.2) is 4.99 Å². The van der Waals surface area contributed by atoms with Gasteiger partial charge in [0.15, 0.2) is 0 Å². The van der Waals surface area contributed by atoms with Gasteiger partial charge in [-0.2, -0.15) is 13.2 Å². The highest BCUT2D eigenvalue weighted by Crippen LogP contribution is 2.35. The summed E-state index contributed by atoms with van der Waals surface area (Å²) in [4.78, 5) is 18.9. The molecule has 0 unspecified atom stereocenters. The van der Waals surface area contributed by atoms with E-state index in [-0.39, 0.29) is 30.3 Å². The third kappa shape index (κ3) is 4.23. The van der Waals surface area contributed by atoms with Gasteiger partial charge < -0.3 is 16.0 Å². The van der Waals surface area contributed by atoms with E-state index in [1.165, 1.54) is 18.2 Å². The molecule has 160 valence electrons. The van der Waals surface area contributed by atoms with E-state index in [4.69, 9.17) is 5.73 Å². The van der Waals surface area contributed by atoms with E-state index in [1.54, 1.807) is 4.90 Å². The first kappa shape index (κ1) is 22.0. The Bertz CT molecular complexity index is 969. The summed E-state index contributed by atoms with van der Waals surface area (Å²) in [5.74, 6) is 0.142. The summed E-state index contributed by atoms with van der Waals surface area (Å²) in [7, 11) is 0. The van der Waals surface area contributed by atoms with Gasteiger partial charge in [0, 0.05) is 37.2 Å². The average molecular weight is 439 g/mol. The predicted molar refractivity (Wildman–Crippen MR) is 112 cm³/mol. The first-order valence-corrected chi connectivity index (χ1v) is 9.43. The van der Waals surface area contributed by atoms with Crippen molar-refractivity contribution in [2.75, 3.05) is 18.4 Å². The van der Waals surface area contributed by atoms with Crippen molar-refractivity contribution in [3.05, 3.63) is 65.2 Å². The van der Waals surface area contributed by atoms with Crippen LogP contribution >= 0.6 is 12.4 Å². The Labute approximate surface area is 178 Å². The van der Waals surface area contributed by atoms with Crippen molar-refractivity contribution >= 4 is 29.8 Å². The highest BCUT2D eigenvalue weighted by atomic mass is 35.5.